The number of primary amides is 1. The Morgan fingerprint density at radius 3 is 1.95 bits per heavy atom. The number of anilines is 1. The van der Waals surface area contributed by atoms with Gasteiger partial charge in [0.2, 0.25) is 0 Å². The van der Waals surface area contributed by atoms with Gasteiger partial charge in [-0.25, -0.2) is 4.79 Å². The van der Waals surface area contributed by atoms with Crippen molar-refractivity contribution in [3.05, 3.63) is 65.2 Å². The van der Waals surface area contributed by atoms with Crippen molar-refractivity contribution < 1.29 is 4.79 Å². The van der Waals surface area contributed by atoms with E-state index in [0.717, 1.165) is 11.3 Å². The van der Waals surface area contributed by atoms with E-state index in [1.54, 1.807) is 6.07 Å². The highest BCUT2D eigenvalue weighted by Crippen LogP contribution is 2.08. The summed E-state index contributed by atoms with van der Waals surface area (Å²) in [6.07, 6.45) is 0. The van der Waals surface area contributed by atoms with Crippen LogP contribution in [0.2, 0.25) is 0 Å². The first kappa shape index (κ1) is 14.8. The highest BCUT2D eigenvalue weighted by molar-refractivity contribution is 5.87. The van der Waals surface area contributed by atoms with Crippen LogP contribution in [0.3, 0.4) is 0 Å². The van der Waals surface area contributed by atoms with Gasteiger partial charge < -0.3 is 11.1 Å². The summed E-state index contributed by atoms with van der Waals surface area (Å²) in [6, 6.07) is 15.3. The molecule has 3 nitrogen and oxygen atoms in total. The van der Waals surface area contributed by atoms with Gasteiger partial charge in [0.25, 0.3) is 0 Å². The molecule has 0 fully saturated rings. The van der Waals surface area contributed by atoms with Crippen LogP contribution in [0.15, 0.2) is 48.5 Å². The quantitative estimate of drug-likeness (QED) is 0.801. The van der Waals surface area contributed by atoms with E-state index in [2.05, 4.69) is 43.4 Å². The Kier molecular flexibility index (Phi) is 5.61. The first-order valence-electron chi connectivity index (χ1n) is 6.14. The molecule has 0 aliphatic rings. The Hall–Kier alpha value is -2.29. The number of hydrogen-bond acceptors (Lipinski definition) is 1. The van der Waals surface area contributed by atoms with Gasteiger partial charge in [-0.3, -0.25) is 0 Å². The number of carbonyl (C=O) groups is 1. The molecule has 3 heteroatoms. The summed E-state index contributed by atoms with van der Waals surface area (Å²) in [5, 5.41) is 2.48. The number of carbonyl (C=O) groups excluding carboxylic acids is 1. The number of amides is 2. The van der Waals surface area contributed by atoms with Gasteiger partial charge in [0, 0.05) is 5.69 Å². The average molecular weight is 256 g/mol. The zero-order chi connectivity index (χ0) is 14.3. The molecule has 3 N–H and O–H groups in total. The molecule has 0 unspecified atom stereocenters. The molecule has 0 saturated carbocycles. The second-order valence-electron chi connectivity index (χ2n) is 4.44. The molecule has 19 heavy (non-hydrogen) atoms. The Morgan fingerprint density at radius 1 is 0.947 bits per heavy atom. The third-order valence-corrected chi connectivity index (χ3v) is 2.71. The van der Waals surface area contributed by atoms with Crippen LogP contribution in [0.5, 0.6) is 0 Å². The summed E-state index contributed by atoms with van der Waals surface area (Å²) in [5.41, 5.74) is 9.49. The Bertz CT molecular complexity index is 529. The zero-order valence-corrected chi connectivity index (χ0v) is 11.6. The lowest BCUT2D eigenvalue weighted by molar-refractivity contribution is 0.259. The molecular formula is C16H20N2O. The lowest BCUT2D eigenvalue weighted by Crippen LogP contribution is -2.19. The summed E-state index contributed by atoms with van der Waals surface area (Å²) in [6.45, 7) is 6.19. The van der Waals surface area contributed by atoms with Crippen LogP contribution in [-0.4, -0.2) is 6.03 Å². The Balaban J connectivity index is 0.000000200. The molecule has 0 aliphatic carbocycles. The Labute approximate surface area is 114 Å². The number of nitrogens with one attached hydrogen (secondary N) is 1. The number of benzene rings is 2. The summed E-state index contributed by atoms with van der Waals surface area (Å²) >= 11 is 0. The maximum absolute atomic E-state index is 10.4. The molecule has 0 aromatic heterocycles. The standard InChI is InChI=1S/C8H10N2O.C8H10/c1-6-3-2-4-7(5-6)10-8(9)11;1-7-5-3-4-6-8(7)2/h2-5H,1H3,(H3,9,10,11);3-6H,1-2H3. The number of aryl methyl sites for hydroxylation is 3. The molecule has 0 radical (unpaired) electrons. The van der Waals surface area contributed by atoms with Crippen LogP contribution in [-0.2, 0) is 0 Å². The van der Waals surface area contributed by atoms with Gasteiger partial charge in [0.05, 0.1) is 0 Å². The molecule has 0 saturated heterocycles. The zero-order valence-electron chi connectivity index (χ0n) is 11.6. The largest absolute Gasteiger partial charge is 0.351 e. The first-order valence-corrected chi connectivity index (χ1v) is 6.14. The predicted molar refractivity (Wildman–Crippen MR) is 80.3 cm³/mol. The predicted octanol–water partition coefficient (Wildman–Crippen LogP) is 3.79. The van der Waals surface area contributed by atoms with E-state index >= 15 is 0 Å². The molecule has 2 aromatic carbocycles. The van der Waals surface area contributed by atoms with Crippen molar-refractivity contribution >= 4 is 11.7 Å². The smallest absolute Gasteiger partial charge is 0.316 e. The van der Waals surface area contributed by atoms with Crippen LogP contribution in [0, 0.1) is 20.8 Å². The van der Waals surface area contributed by atoms with Gasteiger partial charge in [-0.1, -0.05) is 36.4 Å². The van der Waals surface area contributed by atoms with Gasteiger partial charge in [-0.15, -0.1) is 0 Å². The highest BCUT2D eigenvalue weighted by Gasteiger charge is 1.93. The molecule has 2 amide bonds. The first-order chi connectivity index (χ1) is 8.99. The maximum atomic E-state index is 10.4. The molecular weight excluding hydrogens is 236 g/mol. The second-order valence-corrected chi connectivity index (χ2v) is 4.44. The normalized spacial score (nSPS) is 9.21. The van der Waals surface area contributed by atoms with Crippen LogP contribution in [0.25, 0.3) is 0 Å². The molecule has 2 aromatic rings. The van der Waals surface area contributed by atoms with Crippen molar-refractivity contribution in [3.63, 3.8) is 0 Å². The summed E-state index contributed by atoms with van der Waals surface area (Å²) in [4.78, 5) is 10.4. The van der Waals surface area contributed by atoms with Crippen molar-refractivity contribution in [2.24, 2.45) is 5.73 Å². The monoisotopic (exact) mass is 256 g/mol. The van der Waals surface area contributed by atoms with Gasteiger partial charge in [0.15, 0.2) is 0 Å². The van der Waals surface area contributed by atoms with Crippen LogP contribution in [0.1, 0.15) is 16.7 Å². The van der Waals surface area contributed by atoms with Crippen LogP contribution >= 0.6 is 0 Å². The van der Waals surface area contributed by atoms with Gasteiger partial charge in [0.1, 0.15) is 0 Å². The summed E-state index contributed by atoms with van der Waals surface area (Å²) < 4.78 is 0. The Morgan fingerprint density at radius 2 is 1.53 bits per heavy atom. The average Bonchev–Trinajstić information content (AvgIpc) is 2.33. The minimum atomic E-state index is -0.532. The molecule has 0 heterocycles. The number of hydrogen-bond donors (Lipinski definition) is 2. The van der Waals surface area contributed by atoms with E-state index in [9.17, 15) is 4.79 Å². The number of urea groups is 1. The molecule has 100 valence electrons. The van der Waals surface area contributed by atoms with E-state index < -0.39 is 6.03 Å². The van der Waals surface area contributed by atoms with E-state index in [-0.39, 0.29) is 0 Å². The van der Waals surface area contributed by atoms with Crippen molar-refractivity contribution in [3.8, 4) is 0 Å². The third-order valence-electron chi connectivity index (χ3n) is 2.71. The van der Waals surface area contributed by atoms with Gasteiger partial charge >= 0.3 is 6.03 Å². The number of rotatable bonds is 1. The topological polar surface area (TPSA) is 55.1 Å². The van der Waals surface area contributed by atoms with Crippen molar-refractivity contribution in [2.45, 2.75) is 20.8 Å². The summed E-state index contributed by atoms with van der Waals surface area (Å²) in [5.74, 6) is 0. The fourth-order valence-electron chi connectivity index (χ4n) is 1.53. The maximum Gasteiger partial charge on any atom is 0.316 e. The lowest BCUT2D eigenvalue weighted by Gasteiger charge is -2.00. The van der Waals surface area contributed by atoms with Crippen molar-refractivity contribution in [1.29, 1.82) is 0 Å². The van der Waals surface area contributed by atoms with Crippen LogP contribution in [0.4, 0.5) is 10.5 Å². The van der Waals surface area contributed by atoms with E-state index in [1.807, 2.05) is 25.1 Å². The summed E-state index contributed by atoms with van der Waals surface area (Å²) in [7, 11) is 0. The van der Waals surface area contributed by atoms with Crippen LogP contribution < -0.4 is 11.1 Å². The van der Waals surface area contributed by atoms with Gasteiger partial charge in [-0.2, -0.15) is 0 Å². The minimum Gasteiger partial charge on any atom is -0.351 e. The molecule has 0 bridgehead atoms. The number of nitrogens with two attached hydrogens (primary N) is 1. The highest BCUT2D eigenvalue weighted by atomic mass is 16.2. The van der Waals surface area contributed by atoms with E-state index in [4.69, 9.17) is 5.73 Å². The van der Waals surface area contributed by atoms with E-state index in [1.165, 1.54) is 11.1 Å². The molecule has 0 aliphatic heterocycles. The fourth-order valence-corrected chi connectivity index (χ4v) is 1.53. The van der Waals surface area contributed by atoms with E-state index in [0.29, 0.717) is 0 Å². The van der Waals surface area contributed by atoms with Gasteiger partial charge in [-0.05, 0) is 49.6 Å². The molecule has 2 rings (SSSR count). The van der Waals surface area contributed by atoms with Crippen molar-refractivity contribution in [1.82, 2.24) is 0 Å². The third kappa shape index (κ3) is 5.73. The molecule has 0 atom stereocenters. The SMILES string of the molecule is Cc1cccc(NC(N)=O)c1.Cc1ccccc1C. The minimum absolute atomic E-state index is 0.532. The molecule has 0 spiro atoms. The lowest BCUT2D eigenvalue weighted by atomic mass is 10.1. The van der Waals surface area contributed by atoms with Crippen molar-refractivity contribution in [2.75, 3.05) is 5.32 Å². The second kappa shape index (κ2) is 7.21. The fraction of sp³-hybridized carbons (Fsp3) is 0.188.